The maximum Gasteiger partial charge on any atom is 0.307 e. The fraction of sp³-hybridized carbons (Fsp3) is 0.316. The van der Waals surface area contributed by atoms with Gasteiger partial charge in [0.1, 0.15) is 5.75 Å². The predicted octanol–water partition coefficient (Wildman–Crippen LogP) is 4.10. The summed E-state index contributed by atoms with van der Waals surface area (Å²) in [6, 6.07) is 12.1. The van der Waals surface area contributed by atoms with Crippen molar-refractivity contribution >= 4 is 23.3 Å². The number of nitrogens with zero attached hydrogens (tertiary/aromatic N) is 1. The first-order chi connectivity index (χ1) is 11.5. The molecule has 0 saturated carbocycles. The molecule has 0 spiro atoms. The first kappa shape index (κ1) is 16.7. The molecule has 24 heavy (non-hydrogen) atoms. The Balaban J connectivity index is 1.91. The molecule has 2 aromatic rings. The molecule has 0 aliphatic carbocycles. The number of ether oxygens (including phenoxy) is 1. The number of carbonyl (C=O) groups is 1. The Morgan fingerprint density at radius 2 is 2.04 bits per heavy atom. The molecule has 1 N–H and O–H groups in total. The van der Waals surface area contributed by atoms with Crippen LogP contribution in [0.4, 0.5) is 5.69 Å². The molecule has 1 atom stereocenters. The molecule has 0 bridgehead atoms. The number of hydrogen-bond donors (Lipinski definition) is 1. The summed E-state index contributed by atoms with van der Waals surface area (Å²) in [6.07, 6.45) is 1.84. The Bertz CT molecular complexity index is 758. The molecule has 5 heteroatoms. The number of aliphatic carboxylic acids is 1. The van der Waals surface area contributed by atoms with Crippen LogP contribution in [0.15, 0.2) is 36.4 Å². The zero-order valence-corrected chi connectivity index (χ0v) is 14.5. The number of hydrogen-bond acceptors (Lipinski definition) is 3. The summed E-state index contributed by atoms with van der Waals surface area (Å²) in [5.74, 6) is 0.000229. The lowest BCUT2D eigenvalue weighted by molar-refractivity contribution is -0.136. The minimum Gasteiger partial charge on any atom is -0.497 e. The molecule has 0 amide bonds. The van der Waals surface area contributed by atoms with Gasteiger partial charge < -0.3 is 14.7 Å². The molecule has 1 aliphatic heterocycles. The number of aryl methyl sites for hydroxylation is 1. The van der Waals surface area contributed by atoms with E-state index in [4.69, 9.17) is 21.4 Å². The zero-order valence-electron chi connectivity index (χ0n) is 13.8. The van der Waals surface area contributed by atoms with E-state index >= 15 is 0 Å². The zero-order chi connectivity index (χ0) is 17.3. The van der Waals surface area contributed by atoms with Crippen molar-refractivity contribution in [1.29, 1.82) is 0 Å². The van der Waals surface area contributed by atoms with Crippen molar-refractivity contribution in [1.82, 2.24) is 0 Å². The van der Waals surface area contributed by atoms with Gasteiger partial charge in [0.05, 0.1) is 30.3 Å². The van der Waals surface area contributed by atoms with Crippen LogP contribution in [0.2, 0.25) is 5.02 Å². The SMILES string of the molecule is COc1ccc(C2CCc3cc(CC(=O)O)cc(Cl)c3N2C)cc1. The lowest BCUT2D eigenvalue weighted by atomic mass is 9.90. The quantitative estimate of drug-likeness (QED) is 0.906. The van der Waals surface area contributed by atoms with Crippen molar-refractivity contribution in [3.8, 4) is 5.75 Å². The van der Waals surface area contributed by atoms with Gasteiger partial charge in [-0.25, -0.2) is 0 Å². The van der Waals surface area contributed by atoms with Gasteiger partial charge in [-0.1, -0.05) is 29.8 Å². The summed E-state index contributed by atoms with van der Waals surface area (Å²) in [5, 5.41) is 9.60. The Hall–Kier alpha value is -2.20. The number of rotatable bonds is 4. The standard InChI is InChI=1S/C19H20ClNO3/c1-21-17(13-3-6-15(24-2)7-4-13)8-5-14-9-12(11-18(22)23)10-16(20)19(14)21/h3-4,6-7,9-10,17H,5,8,11H2,1-2H3,(H,22,23). The maximum atomic E-state index is 10.9. The van der Waals surface area contributed by atoms with Crippen molar-refractivity contribution in [2.24, 2.45) is 0 Å². The van der Waals surface area contributed by atoms with E-state index < -0.39 is 5.97 Å². The smallest absolute Gasteiger partial charge is 0.307 e. The molecule has 1 heterocycles. The van der Waals surface area contributed by atoms with Crippen molar-refractivity contribution in [3.05, 3.63) is 58.1 Å². The topological polar surface area (TPSA) is 49.8 Å². The summed E-state index contributed by atoms with van der Waals surface area (Å²) in [7, 11) is 3.70. The Labute approximate surface area is 146 Å². The molecule has 1 aliphatic rings. The fourth-order valence-electron chi connectivity index (χ4n) is 3.44. The van der Waals surface area contributed by atoms with Crippen LogP contribution in [0, 0.1) is 0 Å². The number of carboxylic acids is 1. The van der Waals surface area contributed by atoms with Crippen LogP contribution in [-0.2, 0) is 17.6 Å². The highest BCUT2D eigenvalue weighted by atomic mass is 35.5. The molecular formula is C19H20ClNO3. The third kappa shape index (κ3) is 3.20. The first-order valence-corrected chi connectivity index (χ1v) is 8.27. The average Bonchev–Trinajstić information content (AvgIpc) is 2.54. The largest absolute Gasteiger partial charge is 0.497 e. The van der Waals surface area contributed by atoms with Crippen LogP contribution in [-0.4, -0.2) is 25.2 Å². The van der Waals surface area contributed by atoms with Crippen LogP contribution >= 0.6 is 11.6 Å². The third-order valence-electron chi connectivity index (χ3n) is 4.57. The lowest BCUT2D eigenvalue weighted by Crippen LogP contribution is -2.29. The highest BCUT2D eigenvalue weighted by Crippen LogP contribution is 2.42. The van der Waals surface area contributed by atoms with Crippen molar-refractivity contribution in [3.63, 3.8) is 0 Å². The molecule has 1 unspecified atom stereocenters. The summed E-state index contributed by atoms with van der Waals surface area (Å²) in [4.78, 5) is 13.1. The lowest BCUT2D eigenvalue weighted by Gasteiger charge is -2.37. The van der Waals surface area contributed by atoms with E-state index in [1.54, 1.807) is 13.2 Å². The van der Waals surface area contributed by atoms with Crippen LogP contribution in [0.5, 0.6) is 5.75 Å². The maximum absolute atomic E-state index is 10.9. The van der Waals surface area contributed by atoms with Crippen LogP contribution in [0.25, 0.3) is 0 Å². The summed E-state index contributed by atoms with van der Waals surface area (Å²) < 4.78 is 5.22. The average molecular weight is 346 g/mol. The van der Waals surface area contributed by atoms with E-state index in [9.17, 15) is 4.79 Å². The van der Waals surface area contributed by atoms with Crippen molar-refractivity contribution in [2.45, 2.75) is 25.3 Å². The summed E-state index contributed by atoms with van der Waals surface area (Å²) >= 11 is 6.47. The molecule has 0 saturated heterocycles. The highest BCUT2D eigenvalue weighted by molar-refractivity contribution is 6.33. The van der Waals surface area contributed by atoms with Gasteiger partial charge in [-0.2, -0.15) is 0 Å². The Kier molecular flexibility index (Phi) is 4.67. The third-order valence-corrected chi connectivity index (χ3v) is 4.85. The second kappa shape index (κ2) is 6.73. The Morgan fingerprint density at radius 3 is 2.67 bits per heavy atom. The number of benzene rings is 2. The first-order valence-electron chi connectivity index (χ1n) is 7.89. The molecule has 0 aromatic heterocycles. The molecule has 2 aromatic carbocycles. The van der Waals surface area contributed by atoms with Gasteiger partial charge in [0, 0.05) is 7.05 Å². The number of fused-ring (bicyclic) bond motifs is 1. The Morgan fingerprint density at radius 1 is 1.33 bits per heavy atom. The number of halogens is 1. The highest BCUT2D eigenvalue weighted by Gasteiger charge is 2.27. The van der Waals surface area contributed by atoms with E-state index in [-0.39, 0.29) is 12.5 Å². The van der Waals surface area contributed by atoms with E-state index in [0.29, 0.717) is 5.02 Å². The monoisotopic (exact) mass is 345 g/mol. The van der Waals surface area contributed by atoms with E-state index in [1.165, 1.54) is 5.56 Å². The van der Waals surface area contributed by atoms with E-state index in [2.05, 4.69) is 17.0 Å². The van der Waals surface area contributed by atoms with Gasteiger partial charge in [0.25, 0.3) is 0 Å². The van der Waals surface area contributed by atoms with Crippen LogP contribution < -0.4 is 9.64 Å². The fourth-order valence-corrected chi connectivity index (χ4v) is 3.83. The van der Waals surface area contributed by atoms with E-state index in [0.717, 1.165) is 35.4 Å². The number of carboxylic acid groups (broad SMARTS) is 1. The van der Waals surface area contributed by atoms with Gasteiger partial charge in [0.15, 0.2) is 0 Å². The van der Waals surface area contributed by atoms with Gasteiger partial charge in [-0.15, -0.1) is 0 Å². The summed E-state index contributed by atoms with van der Waals surface area (Å²) in [6.45, 7) is 0. The number of methoxy groups -OCH3 is 1. The predicted molar refractivity (Wildman–Crippen MR) is 95.3 cm³/mol. The molecular weight excluding hydrogens is 326 g/mol. The minimum absolute atomic E-state index is 0.00137. The van der Waals surface area contributed by atoms with E-state index in [1.807, 2.05) is 25.2 Å². The number of anilines is 1. The van der Waals surface area contributed by atoms with Crippen molar-refractivity contribution in [2.75, 3.05) is 19.1 Å². The molecule has 126 valence electrons. The van der Waals surface area contributed by atoms with Gasteiger partial charge in [-0.3, -0.25) is 4.79 Å². The molecule has 0 fully saturated rings. The molecule has 0 radical (unpaired) electrons. The van der Waals surface area contributed by atoms with Gasteiger partial charge in [0.2, 0.25) is 0 Å². The normalized spacial score (nSPS) is 16.6. The molecule has 4 nitrogen and oxygen atoms in total. The van der Waals surface area contributed by atoms with Crippen molar-refractivity contribution < 1.29 is 14.6 Å². The van der Waals surface area contributed by atoms with Gasteiger partial charge >= 0.3 is 5.97 Å². The van der Waals surface area contributed by atoms with Gasteiger partial charge in [-0.05, 0) is 47.7 Å². The second-order valence-electron chi connectivity index (χ2n) is 6.09. The van der Waals surface area contributed by atoms with Crippen LogP contribution in [0.1, 0.15) is 29.2 Å². The van der Waals surface area contributed by atoms with Crippen LogP contribution in [0.3, 0.4) is 0 Å². The second-order valence-corrected chi connectivity index (χ2v) is 6.50. The summed E-state index contributed by atoms with van der Waals surface area (Å²) in [5.41, 5.74) is 4.08. The minimum atomic E-state index is -0.841. The molecule has 3 rings (SSSR count).